The number of nitrogens with zero attached hydrogens (tertiary/aromatic N) is 3. The van der Waals surface area contributed by atoms with Gasteiger partial charge in [0, 0.05) is 12.5 Å². The second-order valence-corrected chi connectivity index (χ2v) is 4.60. The average molecular weight is 263 g/mol. The normalized spacial score (nSPS) is 12.9. The van der Waals surface area contributed by atoms with Crippen LogP contribution in [-0.4, -0.2) is 22.1 Å². The van der Waals surface area contributed by atoms with Gasteiger partial charge < -0.3 is 4.52 Å². The Morgan fingerprint density at radius 3 is 2.58 bits per heavy atom. The molecule has 0 spiro atoms. The van der Waals surface area contributed by atoms with E-state index in [4.69, 9.17) is 4.52 Å². The summed E-state index contributed by atoms with van der Waals surface area (Å²) in [5, 5.41) is 3.87. The molecule has 1 aromatic heterocycles. The van der Waals surface area contributed by atoms with Crippen molar-refractivity contribution in [3.63, 3.8) is 0 Å². The summed E-state index contributed by atoms with van der Waals surface area (Å²) in [6.45, 7) is 4.62. The summed E-state index contributed by atoms with van der Waals surface area (Å²) in [6.07, 6.45) is 0.765. The Hall–Kier alpha value is -1.75. The Morgan fingerprint density at radius 2 is 2.00 bits per heavy atom. The molecule has 1 aromatic carbocycles. The SMILES string of the molecule is CCc1noc(CN(C)C(C)c2ccc(F)cc2)n1. The van der Waals surface area contributed by atoms with E-state index in [2.05, 4.69) is 22.0 Å². The first kappa shape index (κ1) is 13.7. The zero-order valence-electron chi connectivity index (χ0n) is 11.4. The highest BCUT2D eigenvalue weighted by Gasteiger charge is 2.15. The van der Waals surface area contributed by atoms with E-state index in [-0.39, 0.29) is 11.9 Å². The van der Waals surface area contributed by atoms with Gasteiger partial charge in [0.25, 0.3) is 0 Å². The van der Waals surface area contributed by atoms with Crippen LogP contribution >= 0.6 is 0 Å². The van der Waals surface area contributed by atoms with Crippen LogP contribution in [-0.2, 0) is 13.0 Å². The van der Waals surface area contributed by atoms with E-state index in [0.717, 1.165) is 17.8 Å². The van der Waals surface area contributed by atoms with E-state index in [9.17, 15) is 4.39 Å². The third-order valence-corrected chi connectivity index (χ3v) is 3.22. The fourth-order valence-corrected chi connectivity index (χ4v) is 1.84. The molecule has 0 bridgehead atoms. The Morgan fingerprint density at radius 1 is 1.32 bits per heavy atom. The lowest BCUT2D eigenvalue weighted by Crippen LogP contribution is -2.22. The fraction of sp³-hybridized carbons (Fsp3) is 0.429. The Bertz CT molecular complexity index is 524. The molecule has 2 aromatic rings. The maximum absolute atomic E-state index is 12.9. The predicted octanol–water partition coefficient (Wildman–Crippen LogP) is 2.96. The molecule has 0 N–H and O–H groups in total. The Balaban J connectivity index is 2.02. The zero-order chi connectivity index (χ0) is 13.8. The molecule has 1 heterocycles. The Kier molecular flexibility index (Phi) is 4.27. The molecule has 0 fully saturated rings. The molecule has 5 heteroatoms. The average Bonchev–Trinajstić information content (AvgIpc) is 2.86. The molecule has 0 saturated heterocycles. The summed E-state index contributed by atoms with van der Waals surface area (Å²) in [5.41, 5.74) is 1.05. The molecule has 1 atom stereocenters. The molecule has 0 aliphatic heterocycles. The van der Waals surface area contributed by atoms with Crippen molar-refractivity contribution in [3.05, 3.63) is 47.4 Å². The van der Waals surface area contributed by atoms with E-state index in [1.807, 2.05) is 14.0 Å². The van der Waals surface area contributed by atoms with Gasteiger partial charge in [0.2, 0.25) is 5.89 Å². The molecule has 4 nitrogen and oxygen atoms in total. The van der Waals surface area contributed by atoms with Crippen molar-refractivity contribution in [2.24, 2.45) is 0 Å². The standard InChI is InChI=1S/C14H18FN3O/c1-4-13-16-14(19-17-13)9-18(3)10(2)11-5-7-12(15)8-6-11/h5-8,10H,4,9H2,1-3H3. The maximum atomic E-state index is 12.9. The van der Waals surface area contributed by atoms with Crippen molar-refractivity contribution in [1.29, 1.82) is 0 Å². The second-order valence-electron chi connectivity index (χ2n) is 4.60. The monoisotopic (exact) mass is 263 g/mol. The van der Waals surface area contributed by atoms with Gasteiger partial charge >= 0.3 is 0 Å². The minimum absolute atomic E-state index is 0.151. The van der Waals surface area contributed by atoms with Gasteiger partial charge in [-0.25, -0.2) is 4.39 Å². The third kappa shape index (κ3) is 3.38. The van der Waals surface area contributed by atoms with Crippen LogP contribution in [0.2, 0.25) is 0 Å². The second kappa shape index (κ2) is 5.93. The first-order valence-corrected chi connectivity index (χ1v) is 6.37. The highest BCUT2D eigenvalue weighted by atomic mass is 19.1. The van der Waals surface area contributed by atoms with Crippen LogP contribution in [0.25, 0.3) is 0 Å². The topological polar surface area (TPSA) is 42.2 Å². The number of benzene rings is 1. The van der Waals surface area contributed by atoms with Gasteiger partial charge in [-0.2, -0.15) is 4.98 Å². The zero-order valence-corrected chi connectivity index (χ0v) is 11.4. The molecule has 0 aliphatic rings. The van der Waals surface area contributed by atoms with Crippen LogP contribution in [0.4, 0.5) is 4.39 Å². The van der Waals surface area contributed by atoms with Crippen molar-refractivity contribution in [3.8, 4) is 0 Å². The molecular weight excluding hydrogens is 245 g/mol. The molecule has 19 heavy (non-hydrogen) atoms. The molecular formula is C14H18FN3O. The van der Waals surface area contributed by atoms with Gasteiger partial charge in [-0.05, 0) is 31.7 Å². The molecule has 0 aliphatic carbocycles. The summed E-state index contributed by atoms with van der Waals surface area (Å²) in [5.74, 6) is 1.11. The van der Waals surface area contributed by atoms with E-state index in [1.54, 1.807) is 12.1 Å². The van der Waals surface area contributed by atoms with Gasteiger partial charge in [0.15, 0.2) is 5.82 Å². The third-order valence-electron chi connectivity index (χ3n) is 3.22. The maximum Gasteiger partial charge on any atom is 0.240 e. The van der Waals surface area contributed by atoms with Crippen molar-refractivity contribution in [2.75, 3.05) is 7.05 Å². The largest absolute Gasteiger partial charge is 0.338 e. The molecule has 0 saturated carbocycles. The fourth-order valence-electron chi connectivity index (χ4n) is 1.84. The van der Waals surface area contributed by atoms with Crippen molar-refractivity contribution < 1.29 is 8.91 Å². The first-order valence-electron chi connectivity index (χ1n) is 6.37. The lowest BCUT2D eigenvalue weighted by atomic mass is 10.1. The number of aromatic nitrogens is 2. The highest BCUT2D eigenvalue weighted by molar-refractivity contribution is 5.19. The van der Waals surface area contributed by atoms with Gasteiger partial charge in [-0.3, -0.25) is 4.90 Å². The summed E-state index contributed by atoms with van der Waals surface area (Å²) < 4.78 is 18.1. The van der Waals surface area contributed by atoms with E-state index < -0.39 is 0 Å². The van der Waals surface area contributed by atoms with E-state index in [1.165, 1.54) is 12.1 Å². The van der Waals surface area contributed by atoms with E-state index >= 15 is 0 Å². The van der Waals surface area contributed by atoms with Gasteiger partial charge in [0.05, 0.1) is 6.54 Å². The molecule has 2 rings (SSSR count). The summed E-state index contributed by atoms with van der Waals surface area (Å²) in [7, 11) is 1.98. The van der Waals surface area contributed by atoms with Crippen LogP contribution in [0.5, 0.6) is 0 Å². The number of halogens is 1. The van der Waals surface area contributed by atoms with Crippen LogP contribution in [0.1, 0.15) is 37.2 Å². The Labute approximate surface area is 112 Å². The smallest absolute Gasteiger partial charge is 0.240 e. The quantitative estimate of drug-likeness (QED) is 0.831. The van der Waals surface area contributed by atoms with Gasteiger partial charge in [-0.1, -0.05) is 24.2 Å². The number of hydrogen-bond acceptors (Lipinski definition) is 4. The lowest BCUT2D eigenvalue weighted by molar-refractivity contribution is 0.216. The van der Waals surface area contributed by atoms with Gasteiger partial charge in [0.1, 0.15) is 5.82 Å². The molecule has 102 valence electrons. The summed E-state index contributed by atoms with van der Waals surface area (Å²) in [4.78, 5) is 6.36. The molecule has 0 radical (unpaired) electrons. The number of rotatable bonds is 5. The predicted molar refractivity (Wildman–Crippen MR) is 70.0 cm³/mol. The minimum Gasteiger partial charge on any atom is -0.338 e. The summed E-state index contributed by atoms with van der Waals surface area (Å²) >= 11 is 0. The van der Waals surface area contributed by atoms with Gasteiger partial charge in [-0.15, -0.1) is 0 Å². The lowest BCUT2D eigenvalue weighted by Gasteiger charge is -2.23. The van der Waals surface area contributed by atoms with Crippen molar-refractivity contribution >= 4 is 0 Å². The van der Waals surface area contributed by atoms with Crippen molar-refractivity contribution in [1.82, 2.24) is 15.0 Å². The number of hydrogen-bond donors (Lipinski definition) is 0. The first-order chi connectivity index (χ1) is 9.10. The van der Waals surface area contributed by atoms with Crippen LogP contribution < -0.4 is 0 Å². The molecule has 0 amide bonds. The van der Waals surface area contributed by atoms with Crippen LogP contribution in [0.3, 0.4) is 0 Å². The molecule has 1 unspecified atom stereocenters. The highest BCUT2D eigenvalue weighted by Crippen LogP contribution is 2.20. The van der Waals surface area contributed by atoms with E-state index in [0.29, 0.717) is 12.4 Å². The number of aryl methyl sites for hydroxylation is 1. The van der Waals surface area contributed by atoms with Crippen molar-refractivity contribution in [2.45, 2.75) is 32.9 Å². The minimum atomic E-state index is -0.219. The van der Waals surface area contributed by atoms with Crippen LogP contribution in [0.15, 0.2) is 28.8 Å². The summed E-state index contributed by atoms with van der Waals surface area (Å²) in [6, 6.07) is 6.68. The van der Waals surface area contributed by atoms with Crippen LogP contribution in [0, 0.1) is 5.82 Å².